The SMILES string of the molecule is Cc1cc(Cl)cc2cc(C(=O)OC(C)C(=O)c3ccc4c(c3)CCC(=O)N4)[nH]c12. The molecule has 2 N–H and O–H groups in total. The Bertz CT molecular complexity index is 1170. The molecule has 7 heteroatoms. The van der Waals surface area contributed by atoms with E-state index >= 15 is 0 Å². The second kappa shape index (κ2) is 7.37. The van der Waals surface area contributed by atoms with Crippen LogP contribution in [0, 0.1) is 6.92 Å². The number of hydrogen-bond donors (Lipinski definition) is 2. The smallest absolute Gasteiger partial charge is 0.355 e. The Morgan fingerprint density at radius 2 is 1.93 bits per heavy atom. The summed E-state index contributed by atoms with van der Waals surface area (Å²) < 4.78 is 5.39. The van der Waals surface area contributed by atoms with Gasteiger partial charge in [0.25, 0.3) is 0 Å². The van der Waals surface area contributed by atoms with Crippen LogP contribution in [0.3, 0.4) is 0 Å². The molecule has 6 nitrogen and oxygen atoms in total. The number of hydrogen-bond acceptors (Lipinski definition) is 4. The number of fused-ring (bicyclic) bond motifs is 2. The van der Waals surface area contributed by atoms with Gasteiger partial charge >= 0.3 is 5.97 Å². The van der Waals surface area contributed by atoms with Crippen molar-refractivity contribution < 1.29 is 19.1 Å². The van der Waals surface area contributed by atoms with Crippen molar-refractivity contribution in [3.8, 4) is 0 Å². The zero-order valence-corrected chi connectivity index (χ0v) is 16.7. The van der Waals surface area contributed by atoms with E-state index in [0.29, 0.717) is 23.4 Å². The molecule has 0 saturated carbocycles. The van der Waals surface area contributed by atoms with Crippen molar-refractivity contribution in [2.24, 2.45) is 0 Å². The standard InChI is InChI=1S/C22H19ClN2O4/c1-11-7-16(23)9-15-10-18(25-20(11)15)22(28)29-12(2)21(27)14-3-5-17-13(8-14)4-6-19(26)24-17/h3,5,7-10,12,25H,4,6H2,1-2H3,(H,24,26). The minimum absolute atomic E-state index is 0.0336. The average Bonchev–Trinajstić information content (AvgIpc) is 3.11. The quantitative estimate of drug-likeness (QED) is 0.491. The lowest BCUT2D eigenvalue weighted by molar-refractivity contribution is -0.116. The number of benzene rings is 2. The second-order valence-electron chi connectivity index (χ2n) is 7.20. The number of halogens is 1. The number of aromatic amines is 1. The van der Waals surface area contributed by atoms with Crippen LogP contribution in [0.25, 0.3) is 10.9 Å². The molecule has 148 valence electrons. The highest BCUT2D eigenvalue weighted by molar-refractivity contribution is 6.31. The van der Waals surface area contributed by atoms with Gasteiger partial charge in [-0.2, -0.15) is 0 Å². The third-order valence-corrected chi connectivity index (χ3v) is 5.27. The van der Waals surface area contributed by atoms with Crippen LogP contribution < -0.4 is 5.32 Å². The van der Waals surface area contributed by atoms with Crippen molar-refractivity contribution in [1.82, 2.24) is 4.98 Å². The summed E-state index contributed by atoms with van der Waals surface area (Å²) in [7, 11) is 0. The number of anilines is 1. The van der Waals surface area contributed by atoms with Crippen molar-refractivity contribution in [3.05, 3.63) is 63.8 Å². The summed E-state index contributed by atoms with van der Waals surface area (Å²) >= 11 is 6.07. The lowest BCUT2D eigenvalue weighted by atomic mass is 9.97. The van der Waals surface area contributed by atoms with E-state index in [4.69, 9.17) is 16.3 Å². The third kappa shape index (κ3) is 3.76. The lowest BCUT2D eigenvalue weighted by Gasteiger charge is -2.18. The predicted octanol–water partition coefficient (Wildman–Crippen LogP) is 4.44. The molecule has 0 radical (unpaired) electrons. The first-order chi connectivity index (χ1) is 13.8. The van der Waals surface area contributed by atoms with Gasteiger partial charge in [0, 0.05) is 33.6 Å². The molecule has 1 aliphatic rings. The van der Waals surface area contributed by atoms with Gasteiger partial charge in [-0.15, -0.1) is 0 Å². The summed E-state index contributed by atoms with van der Waals surface area (Å²) in [6.07, 6.45) is 0.0155. The number of H-pyrrole nitrogens is 1. The van der Waals surface area contributed by atoms with Gasteiger partial charge in [0.15, 0.2) is 6.10 Å². The van der Waals surface area contributed by atoms with E-state index in [9.17, 15) is 14.4 Å². The number of amides is 1. The number of rotatable bonds is 4. The Morgan fingerprint density at radius 3 is 2.72 bits per heavy atom. The van der Waals surface area contributed by atoms with Crippen LogP contribution in [0.4, 0.5) is 5.69 Å². The van der Waals surface area contributed by atoms with E-state index < -0.39 is 12.1 Å². The summed E-state index contributed by atoms with van der Waals surface area (Å²) in [5.41, 5.74) is 4.04. The number of Topliss-reactive ketones (excluding diaryl/α,β-unsaturated/α-hetero) is 1. The third-order valence-electron chi connectivity index (χ3n) is 5.05. The van der Waals surface area contributed by atoms with Gasteiger partial charge in [0.05, 0.1) is 0 Å². The molecule has 0 spiro atoms. The Hall–Kier alpha value is -3.12. The molecule has 3 aromatic rings. The molecular weight excluding hydrogens is 392 g/mol. The molecule has 0 bridgehead atoms. The molecule has 1 aliphatic heterocycles. The molecule has 4 rings (SSSR count). The van der Waals surface area contributed by atoms with Crippen LogP contribution in [0.2, 0.25) is 5.02 Å². The first kappa shape index (κ1) is 19.2. The van der Waals surface area contributed by atoms with Gasteiger partial charge in [-0.3, -0.25) is 9.59 Å². The highest BCUT2D eigenvalue weighted by Gasteiger charge is 2.23. The molecule has 1 atom stereocenters. The molecule has 1 amide bonds. The fourth-order valence-corrected chi connectivity index (χ4v) is 3.82. The van der Waals surface area contributed by atoms with Crippen molar-refractivity contribution in [3.63, 3.8) is 0 Å². The molecule has 29 heavy (non-hydrogen) atoms. The number of ketones is 1. The highest BCUT2D eigenvalue weighted by atomic mass is 35.5. The first-order valence-corrected chi connectivity index (χ1v) is 9.66. The Balaban J connectivity index is 1.51. The Labute approximate surface area is 172 Å². The summed E-state index contributed by atoms with van der Waals surface area (Å²) in [5.74, 6) is -0.940. The topological polar surface area (TPSA) is 88.3 Å². The first-order valence-electron chi connectivity index (χ1n) is 9.28. The average molecular weight is 411 g/mol. The van der Waals surface area contributed by atoms with Gasteiger partial charge in [-0.25, -0.2) is 4.79 Å². The highest BCUT2D eigenvalue weighted by Crippen LogP contribution is 2.26. The van der Waals surface area contributed by atoms with Crippen molar-refractivity contribution >= 4 is 45.9 Å². The lowest BCUT2D eigenvalue weighted by Crippen LogP contribution is -2.25. The number of esters is 1. The molecule has 0 aliphatic carbocycles. The van der Waals surface area contributed by atoms with E-state index in [0.717, 1.165) is 27.7 Å². The van der Waals surface area contributed by atoms with E-state index in [-0.39, 0.29) is 17.4 Å². The van der Waals surface area contributed by atoms with Crippen LogP contribution in [0.15, 0.2) is 36.4 Å². The van der Waals surface area contributed by atoms with E-state index in [1.54, 1.807) is 43.3 Å². The van der Waals surface area contributed by atoms with E-state index in [1.807, 2.05) is 6.92 Å². The molecule has 0 saturated heterocycles. The maximum Gasteiger partial charge on any atom is 0.355 e. The van der Waals surface area contributed by atoms with Gasteiger partial charge in [-0.1, -0.05) is 11.6 Å². The van der Waals surface area contributed by atoms with Gasteiger partial charge in [0.2, 0.25) is 11.7 Å². The fourth-order valence-electron chi connectivity index (χ4n) is 3.54. The minimum Gasteiger partial charge on any atom is -0.450 e. The molecule has 1 aromatic heterocycles. The number of carbonyl (C=O) groups is 3. The molecule has 0 fully saturated rings. The van der Waals surface area contributed by atoms with Crippen LogP contribution >= 0.6 is 11.6 Å². The van der Waals surface area contributed by atoms with Crippen LogP contribution in [-0.2, 0) is 16.0 Å². The van der Waals surface area contributed by atoms with Crippen LogP contribution in [0.5, 0.6) is 0 Å². The van der Waals surface area contributed by atoms with Crippen LogP contribution in [0.1, 0.15) is 45.3 Å². The predicted molar refractivity (Wildman–Crippen MR) is 111 cm³/mol. The maximum atomic E-state index is 12.7. The zero-order chi connectivity index (χ0) is 20.7. The number of ether oxygens (including phenoxy) is 1. The Kier molecular flexibility index (Phi) is 4.88. The number of aromatic nitrogens is 1. The zero-order valence-electron chi connectivity index (χ0n) is 16.0. The molecule has 2 heterocycles. The van der Waals surface area contributed by atoms with E-state index in [1.165, 1.54) is 0 Å². The summed E-state index contributed by atoms with van der Waals surface area (Å²) in [6, 6.07) is 10.3. The van der Waals surface area contributed by atoms with Crippen molar-refractivity contribution in [1.29, 1.82) is 0 Å². The number of carbonyl (C=O) groups excluding carboxylic acids is 3. The number of nitrogens with one attached hydrogen (secondary N) is 2. The van der Waals surface area contributed by atoms with Crippen molar-refractivity contribution in [2.75, 3.05) is 5.32 Å². The van der Waals surface area contributed by atoms with Gasteiger partial charge in [0.1, 0.15) is 5.69 Å². The van der Waals surface area contributed by atoms with E-state index in [2.05, 4.69) is 10.3 Å². The second-order valence-corrected chi connectivity index (χ2v) is 7.64. The summed E-state index contributed by atoms with van der Waals surface area (Å²) in [5, 5.41) is 4.17. The molecular formula is C22H19ClN2O4. The Morgan fingerprint density at radius 1 is 1.14 bits per heavy atom. The summed E-state index contributed by atoms with van der Waals surface area (Å²) in [4.78, 5) is 39.8. The largest absolute Gasteiger partial charge is 0.450 e. The monoisotopic (exact) mass is 410 g/mol. The van der Waals surface area contributed by atoms with Gasteiger partial charge in [-0.05, 0) is 67.8 Å². The number of aryl methyl sites for hydroxylation is 2. The maximum absolute atomic E-state index is 12.7. The molecule has 2 aromatic carbocycles. The molecule has 1 unspecified atom stereocenters. The minimum atomic E-state index is -0.949. The van der Waals surface area contributed by atoms with Gasteiger partial charge < -0.3 is 15.0 Å². The fraction of sp³-hybridized carbons (Fsp3) is 0.227. The van der Waals surface area contributed by atoms with Crippen molar-refractivity contribution in [2.45, 2.75) is 32.8 Å². The summed E-state index contributed by atoms with van der Waals surface area (Å²) in [6.45, 7) is 3.44. The van der Waals surface area contributed by atoms with Crippen LogP contribution in [-0.4, -0.2) is 28.7 Å². The normalized spacial score (nSPS) is 14.2.